The molecule has 2 aliphatic heterocycles. The average Bonchev–Trinajstić information content (AvgIpc) is 2.68. The molecule has 7 heteroatoms. The van der Waals surface area contributed by atoms with Crippen LogP contribution >= 0.6 is 0 Å². The van der Waals surface area contributed by atoms with Crippen molar-refractivity contribution in [2.24, 2.45) is 5.92 Å². The fraction of sp³-hybridized carbons (Fsp3) is 0.650. The van der Waals surface area contributed by atoms with Gasteiger partial charge < -0.3 is 5.32 Å². The Morgan fingerprint density at radius 3 is 2.59 bits per heavy atom. The second-order valence-corrected chi connectivity index (χ2v) is 9.84. The van der Waals surface area contributed by atoms with Gasteiger partial charge in [-0.15, -0.1) is 0 Å². The van der Waals surface area contributed by atoms with E-state index >= 15 is 0 Å². The lowest BCUT2D eigenvalue weighted by molar-refractivity contribution is -0.121. The predicted octanol–water partition coefficient (Wildman–Crippen LogP) is 2.92. The molecule has 27 heavy (non-hydrogen) atoms. The fourth-order valence-electron chi connectivity index (χ4n) is 3.98. The molecule has 2 atom stereocenters. The molecule has 2 aliphatic rings. The highest BCUT2D eigenvalue weighted by atomic mass is 32.2. The molecule has 2 fully saturated rings. The van der Waals surface area contributed by atoms with Gasteiger partial charge in [0.2, 0.25) is 15.9 Å². The molecule has 0 bridgehead atoms. The number of benzene rings is 1. The molecule has 2 unspecified atom stereocenters. The number of sulfonamides is 1. The number of carbonyl (C=O) groups excluding carboxylic acids is 1. The maximum Gasteiger partial charge on any atom is 0.243 e. The van der Waals surface area contributed by atoms with Crippen LogP contribution in [0.2, 0.25) is 0 Å². The number of piperidine rings is 2. The Bertz CT molecular complexity index is 759. The van der Waals surface area contributed by atoms with Crippen molar-refractivity contribution in [1.29, 1.82) is 0 Å². The molecular weight excluding hydrogens is 362 g/mol. The van der Waals surface area contributed by atoms with Crippen LogP contribution in [-0.2, 0) is 14.8 Å². The smallest absolute Gasteiger partial charge is 0.243 e. The second kappa shape index (κ2) is 8.71. The molecule has 0 radical (unpaired) electrons. The highest BCUT2D eigenvalue weighted by Crippen LogP contribution is 2.23. The van der Waals surface area contributed by atoms with Gasteiger partial charge >= 0.3 is 0 Å². The van der Waals surface area contributed by atoms with Crippen LogP contribution in [0.3, 0.4) is 0 Å². The number of hydrogen-bond donors (Lipinski definition) is 1. The summed E-state index contributed by atoms with van der Waals surface area (Å²) in [6.45, 7) is 7.14. The van der Waals surface area contributed by atoms with Gasteiger partial charge in [0.05, 0.1) is 10.9 Å². The third-order valence-corrected chi connectivity index (χ3v) is 7.56. The summed E-state index contributed by atoms with van der Waals surface area (Å²) in [7, 11) is -3.50. The highest BCUT2D eigenvalue weighted by Gasteiger charge is 2.28. The third kappa shape index (κ3) is 4.89. The minimum Gasteiger partial charge on any atom is -0.325 e. The van der Waals surface area contributed by atoms with Gasteiger partial charge in [-0.05, 0) is 63.3 Å². The summed E-state index contributed by atoms with van der Waals surface area (Å²) in [6, 6.07) is 6.40. The van der Waals surface area contributed by atoms with Crippen molar-refractivity contribution < 1.29 is 13.2 Å². The maximum atomic E-state index is 12.8. The van der Waals surface area contributed by atoms with Crippen molar-refractivity contribution in [1.82, 2.24) is 9.21 Å². The topological polar surface area (TPSA) is 69.7 Å². The fourth-order valence-corrected chi connectivity index (χ4v) is 5.54. The zero-order chi connectivity index (χ0) is 19.4. The summed E-state index contributed by atoms with van der Waals surface area (Å²) in [5.74, 6) is 0.517. The Labute approximate surface area is 163 Å². The van der Waals surface area contributed by atoms with Crippen LogP contribution in [0.25, 0.3) is 0 Å². The van der Waals surface area contributed by atoms with Crippen molar-refractivity contribution in [3.8, 4) is 0 Å². The lowest BCUT2D eigenvalue weighted by atomic mass is 9.99. The minimum atomic E-state index is -3.50. The van der Waals surface area contributed by atoms with Gasteiger partial charge in [0.1, 0.15) is 0 Å². The van der Waals surface area contributed by atoms with Crippen LogP contribution in [0.1, 0.15) is 46.0 Å². The van der Waals surface area contributed by atoms with Crippen molar-refractivity contribution >= 4 is 21.6 Å². The van der Waals surface area contributed by atoms with E-state index in [0.717, 1.165) is 38.8 Å². The van der Waals surface area contributed by atoms with Crippen molar-refractivity contribution in [2.75, 3.05) is 31.5 Å². The third-order valence-electron chi connectivity index (χ3n) is 5.67. The van der Waals surface area contributed by atoms with E-state index in [1.807, 2.05) is 6.92 Å². The number of nitrogens with zero attached hydrogens (tertiary/aromatic N) is 2. The van der Waals surface area contributed by atoms with Crippen LogP contribution in [0.15, 0.2) is 29.2 Å². The van der Waals surface area contributed by atoms with E-state index in [0.29, 0.717) is 24.7 Å². The number of amides is 1. The van der Waals surface area contributed by atoms with E-state index in [2.05, 4.69) is 17.1 Å². The molecule has 1 aromatic rings. The summed E-state index contributed by atoms with van der Waals surface area (Å²) in [5.41, 5.74) is 0.537. The number of nitrogens with one attached hydrogen (secondary N) is 1. The normalized spacial score (nSPS) is 23.7. The Morgan fingerprint density at radius 2 is 1.89 bits per heavy atom. The molecule has 1 amide bonds. The maximum absolute atomic E-state index is 12.8. The van der Waals surface area contributed by atoms with E-state index in [1.54, 1.807) is 28.6 Å². The van der Waals surface area contributed by atoms with Crippen LogP contribution in [-0.4, -0.2) is 55.8 Å². The largest absolute Gasteiger partial charge is 0.325 e. The molecule has 6 nitrogen and oxygen atoms in total. The Hall–Kier alpha value is -1.44. The van der Waals surface area contributed by atoms with Crippen LogP contribution < -0.4 is 5.32 Å². The van der Waals surface area contributed by atoms with Crippen molar-refractivity contribution in [2.45, 2.75) is 56.9 Å². The Balaban J connectivity index is 1.69. The van der Waals surface area contributed by atoms with Gasteiger partial charge in [-0.1, -0.05) is 19.4 Å². The van der Waals surface area contributed by atoms with Gasteiger partial charge in [-0.2, -0.15) is 4.31 Å². The highest BCUT2D eigenvalue weighted by molar-refractivity contribution is 7.89. The van der Waals surface area contributed by atoms with Crippen molar-refractivity contribution in [3.63, 3.8) is 0 Å². The van der Waals surface area contributed by atoms with E-state index in [1.165, 1.54) is 6.42 Å². The molecular formula is C20H31N3O3S. The molecule has 150 valence electrons. The summed E-state index contributed by atoms with van der Waals surface area (Å²) >= 11 is 0. The first kappa shape index (κ1) is 20.3. The number of carbonyl (C=O) groups is 1. The van der Waals surface area contributed by atoms with E-state index < -0.39 is 10.0 Å². The first-order chi connectivity index (χ1) is 12.9. The monoisotopic (exact) mass is 393 g/mol. The number of likely N-dealkylation sites (tertiary alicyclic amines) is 1. The van der Waals surface area contributed by atoms with E-state index in [9.17, 15) is 13.2 Å². The SMILES string of the molecule is CC1CCCN(C(C)C(=O)Nc2cccc(S(=O)(=O)N3CCCCC3)c2)C1. The lowest BCUT2D eigenvalue weighted by Crippen LogP contribution is -2.46. The van der Waals surface area contributed by atoms with Crippen LogP contribution in [0, 0.1) is 5.92 Å². The molecule has 1 aromatic carbocycles. The summed E-state index contributed by atoms with van der Waals surface area (Å²) < 4.78 is 27.2. The molecule has 0 aromatic heterocycles. The molecule has 1 N–H and O–H groups in total. The molecule has 2 heterocycles. The first-order valence-electron chi connectivity index (χ1n) is 10.0. The molecule has 0 saturated carbocycles. The number of hydrogen-bond acceptors (Lipinski definition) is 4. The molecule has 0 aliphatic carbocycles. The van der Waals surface area contributed by atoms with Crippen LogP contribution in [0.5, 0.6) is 0 Å². The Morgan fingerprint density at radius 1 is 1.15 bits per heavy atom. The summed E-state index contributed by atoms with van der Waals surface area (Å²) in [5, 5.41) is 2.91. The lowest BCUT2D eigenvalue weighted by Gasteiger charge is -2.34. The standard InChI is InChI=1S/C20H31N3O3S/c1-16-8-7-11-22(15-16)17(2)20(24)21-18-9-6-10-19(14-18)27(25,26)23-12-4-3-5-13-23/h6,9-10,14,16-17H,3-5,7-8,11-13,15H2,1-2H3,(H,21,24). The van der Waals surface area contributed by atoms with Crippen molar-refractivity contribution in [3.05, 3.63) is 24.3 Å². The predicted molar refractivity (Wildman–Crippen MR) is 107 cm³/mol. The average molecular weight is 394 g/mol. The zero-order valence-electron chi connectivity index (χ0n) is 16.4. The molecule has 3 rings (SSSR count). The van der Waals surface area contributed by atoms with Gasteiger partial charge in [0, 0.05) is 25.3 Å². The Kier molecular flexibility index (Phi) is 6.55. The molecule has 2 saturated heterocycles. The zero-order valence-corrected chi connectivity index (χ0v) is 17.2. The van der Waals surface area contributed by atoms with Gasteiger partial charge in [0.25, 0.3) is 0 Å². The van der Waals surface area contributed by atoms with Gasteiger partial charge in [-0.25, -0.2) is 8.42 Å². The minimum absolute atomic E-state index is 0.0865. The first-order valence-corrected chi connectivity index (χ1v) is 11.5. The van der Waals surface area contributed by atoms with Gasteiger partial charge in [-0.3, -0.25) is 9.69 Å². The molecule has 0 spiro atoms. The van der Waals surface area contributed by atoms with Gasteiger partial charge in [0.15, 0.2) is 0 Å². The van der Waals surface area contributed by atoms with Crippen LogP contribution in [0.4, 0.5) is 5.69 Å². The summed E-state index contributed by atoms with van der Waals surface area (Å²) in [6.07, 6.45) is 5.21. The number of rotatable bonds is 5. The second-order valence-electron chi connectivity index (χ2n) is 7.90. The number of anilines is 1. The van der Waals surface area contributed by atoms with E-state index in [4.69, 9.17) is 0 Å². The summed E-state index contributed by atoms with van der Waals surface area (Å²) in [4.78, 5) is 15.1. The van der Waals surface area contributed by atoms with E-state index in [-0.39, 0.29) is 16.8 Å². The quantitative estimate of drug-likeness (QED) is 0.835.